The van der Waals surface area contributed by atoms with E-state index in [9.17, 15) is 14.9 Å². The molecular formula is C19H23N3O7. The van der Waals surface area contributed by atoms with Gasteiger partial charge in [-0.15, -0.1) is 0 Å². The second-order valence-corrected chi connectivity index (χ2v) is 5.91. The number of nitro groups is 1. The summed E-state index contributed by atoms with van der Waals surface area (Å²) in [4.78, 5) is 22.9. The zero-order chi connectivity index (χ0) is 21.6. The van der Waals surface area contributed by atoms with Crippen LogP contribution < -0.4 is 29.6 Å². The number of amides is 1. The molecule has 156 valence electrons. The normalized spacial score (nSPS) is 11.2. The van der Waals surface area contributed by atoms with Gasteiger partial charge in [0.25, 0.3) is 5.69 Å². The molecule has 0 aliphatic carbocycles. The van der Waals surface area contributed by atoms with E-state index in [1.807, 2.05) is 0 Å². The van der Waals surface area contributed by atoms with Crippen molar-refractivity contribution < 1.29 is 28.7 Å². The Bertz CT molecular complexity index is 876. The Kier molecular flexibility index (Phi) is 7.07. The number of ether oxygens (including phenoxy) is 4. The predicted octanol–water partition coefficient (Wildman–Crippen LogP) is 3.07. The largest absolute Gasteiger partial charge is 0.494 e. The Morgan fingerprint density at radius 2 is 1.55 bits per heavy atom. The van der Waals surface area contributed by atoms with Crippen molar-refractivity contribution in [1.29, 1.82) is 0 Å². The van der Waals surface area contributed by atoms with Gasteiger partial charge in [0, 0.05) is 23.9 Å². The zero-order valence-electron chi connectivity index (χ0n) is 16.8. The summed E-state index contributed by atoms with van der Waals surface area (Å²) in [5.41, 5.74) is 0.767. The minimum absolute atomic E-state index is 0.136. The summed E-state index contributed by atoms with van der Waals surface area (Å²) < 4.78 is 21.0. The van der Waals surface area contributed by atoms with Gasteiger partial charge in [-0.1, -0.05) is 0 Å². The van der Waals surface area contributed by atoms with Crippen molar-refractivity contribution >= 4 is 23.0 Å². The Hall–Kier alpha value is -3.69. The highest BCUT2D eigenvalue weighted by Gasteiger charge is 2.19. The maximum absolute atomic E-state index is 12.6. The number of non-ortho nitro benzene ring substituents is 1. The van der Waals surface area contributed by atoms with Crippen molar-refractivity contribution in [3.05, 3.63) is 40.4 Å². The Balaban J connectivity index is 2.18. The molecule has 0 saturated heterocycles. The van der Waals surface area contributed by atoms with Crippen LogP contribution in [0.2, 0.25) is 0 Å². The minimum atomic E-state index is -0.655. The highest BCUT2D eigenvalue weighted by Crippen LogP contribution is 2.40. The first-order valence-corrected chi connectivity index (χ1v) is 8.54. The second-order valence-electron chi connectivity index (χ2n) is 5.91. The lowest BCUT2D eigenvalue weighted by Crippen LogP contribution is -2.32. The number of carbonyl (C=O) groups excluding carboxylic acids is 1. The van der Waals surface area contributed by atoms with Gasteiger partial charge in [-0.05, 0) is 13.0 Å². The van der Waals surface area contributed by atoms with Gasteiger partial charge in [-0.2, -0.15) is 0 Å². The first-order chi connectivity index (χ1) is 13.8. The standard InChI is InChI=1S/C19H23N3O7/c1-11(20-12-8-16(27-3)18(29-5)17(9-12)28-4)19(23)21-14-7-6-13(22(24)25)10-15(14)26-2/h6-11,20H,1-5H3,(H,21,23)/t11-/m0/s1. The number of benzene rings is 2. The van der Waals surface area contributed by atoms with Crippen molar-refractivity contribution in [1.82, 2.24) is 0 Å². The van der Waals surface area contributed by atoms with Crippen LogP contribution in [-0.4, -0.2) is 45.3 Å². The van der Waals surface area contributed by atoms with Crippen LogP contribution in [-0.2, 0) is 4.79 Å². The number of nitrogens with zero attached hydrogens (tertiary/aromatic N) is 1. The van der Waals surface area contributed by atoms with Crippen molar-refractivity contribution in [2.45, 2.75) is 13.0 Å². The average Bonchev–Trinajstić information content (AvgIpc) is 2.72. The monoisotopic (exact) mass is 405 g/mol. The van der Waals surface area contributed by atoms with Crippen LogP contribution in [0.4, 0.5) is 17.1 Å². The summed E-state index contributed by atoms with van der Waals surface area (Å²) in [5, 5.41) is 16.6. The van der Waals surface area contributed by atoms with Gasteiger partial charge in [-0.25, -0.2) is 0 Å². The van der Waals surface area contributed by atoms with E-state index in [0.29, 0.717) is 28.6 Å². The molecule has 2 N–H and O–H groups in total. The molecule has 0 bridgehead atoms. The van der Waals surface area contributed by atoms with Crippen LogP contribution in [0.3, 0.4) is 0 Å². The fourth-order valence-electron chi connectivity index (χ4n) is 2.62. The van der Waals surface area contributed by atoms with E-state index in [2.05, 4.69) is 10.6 Å². The van der Waals surface area contributed by atoms with E-state index >= 15 is 0 Å². The molecule has 0 saturated carbocycles. The van der Waals surface area contributed by atoms with Crippen molar-refractivity contribution in [2.24, 2.45) is 0 Å². The summed E-state index contributed by atoms with van der Waals surface area (Å²) in [6, 6.07) is 6.65. The Morgan fingerprint density at radius 1 is 0.966 bits per heavy atom. The lowest BCUT2D eigenvalue weighted by Gasteiger charge is -2.19. The average molecular weight is 405 g/mol. The third-order valence-electron chi connectivity index (χ3n) is 4.09. The molecule has 0 aliphatic rings. The van der Waals surface area contributed by atoms with Crippen molar-refractivity contribution in [3.8, 4) is 23.0 Å². The van der Waals surface area contributed by atoms with Gasteiger partial charge in [0.15, 0.2) is 11.5 Å². The summed E-state index contributed by atoms with van der Waals surface area (Å²) in [5.74, 6) is 1.14. The topological polar surface area (TPSA) is 121 Å². The molecule has 0 aromatic heterocycles. The third kappa shape index (κ3) is 4.98. The summed E-state index contributed by atoms with van der Waals surface area (Å²) in [6.07, 6.45) is 0. The lowest BCUT2D eigenvalue weighted by molar-refractivity contribution is -0.384. The van der Waals surface area contributed by atoms with Gasteiger partial charge in [0.1, 0.15) is 11.8 Å². The predicted molar refractivity (Wildman–Crippen MR) is 107 cm³/mol. The molecule has 0 spiro atoms. The van der Waals surface area contributed by atoms with Crippen LogP contribution in [0.5, 0.6) is 23.0 Å². The van der Waals surface area contributed by atoms with Gasteiger partial charge < -0.3 is 29.6 Å². The van der Waals surface area contributed by atoms with Crippen LogP contribution in [0.25, 0.3) is 0 Å². The molecule has 2 rings (SSSR count). The lowest BCUT2D eigenvalue weighted by atomic mass is 10.2. The fourth-order valence-corrected chi connectivity index (χ4v) is 2.62. The van der Waals surface area contributed by atoms with Crippen LogP contribution in [0.1, 0.15) is 6.92 Å². The van der Waals surface area contributed by atoms with Gasteiger partial charge >= 0.3 is 0 Å². The first-order valence-electron chi connectivity index (χ1n) is 8.54. The van der Waals surface area contributed by atoms with Gasteiger partial charge in [-0.3, -0.25) is 14.9 Å². The van der Waals surface area contributed by atoms with Gasteiger partial charge in [0.05, 0.1) is 45.1 Å². The third-order valence-corrected chi connectivity index (χ3v) is 4.09. The van der Waals surface area contributed by atoms with E-state index in [1.165, 1.54) is 46.6 Å². The maximum atomic E-state index is 12.6. The molecule has 1 atom stereocenters. The number of nitro benzene ring substituents is 1. The molecule has 0 fully saturated rings. The van der Waals surface area contributed by atoms with Crippen LogP contribution in [0, 0.1) is 10.1 Å². The smallest absolute Gasteiger partial charge is 0.273 e. The highest BCUT2D eigenvalue weighted by molar-refractivity contribution is 5.97. The Morgan fingerprint density at radius 3 is 2.03 bits per heavy atom. The number of nitrogens with one attached hydrogen (secondary N) is 2. The SMILES string of the molecule is COc1cc([N+](=O)[O-])ccc1NC(=O)[C@H](C)Nc1cc(OC)c(OC)c(OC)c1. The number of methoxy groups -OCH3 is 4. The van der Waals surface area contributed by atoms with Crippen molar-refractivity contribution in [3.63, 3.8) is 0 Å². The number of hydrogen-bond donors (Lipinski definition) is 2. The summed E-state index contributed by atoms with van der Waals surface area (Å²) in [6.45, 7) is 1.66. The van der Waals surface area contributed by atoms with E-state index in [-0.39, 0.29) is 17.3 Å². The summed E-state index contributed by atoms with van der Waals surface area (Å²) in [7, 11) is 5.86. The summed E-state index contributed by atoms with van der Waals surface area (Å²) >= 11 is 0. The molecule has 0 heterocycles. The molecule has 2 aromatic rings. The molecule has 0 aliphatic heterocycles. The van der Waals surface area contributed by atoms with E-state index in [0.717, 1.165) is 0 Å². The first kappa shape index (κ1) is 21.6. The molecule has 1 amide bonds. The zero-order valence-corrected chi connectivity index (χ0v) is 16.8. The highest BCUT2D eigenvalue weighted by atomic mass is 16.6. The van der Waals surface area contributed by atoms with Crippen LogP contribution in [0.15, 0.2) is 30.3 Å². The Labute approximate surface area is 167 Å². The van der Waals surface area contributed by atoms with E-state index in [1.54, 1.807) is 19.1 Å². The quantitative estimate of drug-likeness (QED) is 0.482. The molecule has 10 heteroatoms. The van der Waals surface area contributed by atoms with E-state index in [4.69, 9.17) is 18.9 Å². The number of rotatable bonds is 9. The van der Waals surface area contributed by atoms with Crippen LogP contribution >= 0.6 is 0 Å². The van der Waals surface area contributed by atoms with Gasteiger partial charge in [0.2, 0.25) is 11.7 Å². The molecular weight excluding hydrogens is 382 g/mol. The molecule has 0 radical (unpaired) electrons. The molecule has 10 nitrogen and oxygen atoms in total. The number of carbonyl (C=O) groups is 1. The van der Waals surface area contributed by atoms with Crippen molar-refractivity contribution in [2.75, 3.05) is 39.1 Å². The maximum Gasteiger partial charge on any atom is 0.273 e. The molecule has 0 unspecified atom stereocenters. The molecule has 29 heavy (non-hydrogen) atoms. The van der Waals surface area contributed by atoms with E-state index < -0.39 is 11.0 Å². The molecule has 2 aromatic carbocycles. The number of hydrogen-bond acceptors (Lipinski definition) is 8. The second kappa shape index (κ2) is 9.49. The fraction of sp³-hybridized carbons (Fsp3) is 0.316. The number of anilines is 2. The minimum Gasteiger partial charge on any atom is -0.494 e.